The number of hydrogen-bond acceptors (Lipinski definition) is 5. The maximum atomic E-state index is 12.8. The van der Waals surface area contributed by atoms with E-state index >= 15 is 0 Å². The highest BCUT2D eigenvalue weighted by Crippen LogP contribution is 2.54. The Labute approximate surface area is 164 Å². The molecular weight excluding hydrogens is 362 g/mol. The van der Waals surface area contributed by atoms with Crippen LogP contribution in [0.15, 0.2) is 17.5 Å². The van der Waals surface area contributed by atoms with E-state index in [9.17, 15) is 9.59 Å². The van der Waals surface area contributed by atoms with Crippen LogP contribution < -0.4 is 5.32 Å². The van der Waals surface area contributed by atoms with Gasteiger partial charge in [-0.25, -0.2) is 0 Å². The summed E-state index contributed by atoms with van der Waals surface area (Å²) in [5.74, 6) is 0.833. The van der Waals surface area contributed by atoms with E-state index in [-0.39, 0.29) is 23.5 Å². The standard InChI is InChI=1S/C20H29N3O3S/c1-3-22(4-2)12-18(24)23-11-15-14(16-7-8-20(15,13-23)26-16)10-21-19(25)17-6-5-9-27-17/h5-6,9,14-16H,3-4,7-8,10-13H2,1-2H3,(H,21,25)/t14-,15+,16+,20+/m0/s1. The maximum absolute atomic E-state index is 12.8. The van der Waals surface area contributed by atoms with Crippen LogP contribution >= 0.6 is 11.3 Å². The van der Waals surface area contributed by atoms with Crippen LogP contribution in [-0.4, -0.2) is 72.6 Å². The van der Waals surface area contributed by atoms with Gasteiger partial charge >= 0.3 is 0 Å². The van der Waals surface area contributed by atoms with Crippen molar-refractivity contribution in [2.45, 2.75) is 38.4 Å². The van der Waals surface area contributed by atoms with Gasteiger partial charge < -0.3 is 15.0 Å². The summed E-state index contributed by atoms with van der Waals surface area (Å²) in [6, 6.07) is 3.74. The summed E-state index contributed by atoms with van der Waals surface area (Å²) >= 11 is 1.46. The van der Waals surface area contributed by atoms with E-state index in [1.165, 1.54) is 11.3 Å². The van der Waals surface area contributed by atoms with Crippen molar-refractivity contribution in [3.8, 4) is 0 Å². The van der Waals surface area contributed by atoms with E-state index in [0.717, 1.165) is 37.4 Å². The molecule has 7 heteroatoms. The van der Waals surface area contributed by atoms with Crippen molar-refractivity contribution in [3.63, 3.8) is 0 Å². The fourth-order valence-electron chi connectivity index (χ4n) is 5.10. The van der Waals surface area contributed by atoms with E-state index in [4.69, 9.17) is 4.74 Å². The molecule has 0 unspecified atom stereocenters. The molecule has 27 heavy (non-hydrogen) atoms. The summed E-state index contributed by atoms with van der Waals surface area (Å²) < 4.78 is 6.40. The average molecular weight is 392 g/mol. The van der Waals surface area contributed by atoms with E-state index in [1.807, 2.05) is 22.4 Å². The molecule has 1 spiro atoms. The lowest BCUT2D eigenvalue weighted by atomic mass is 9.73. The summed E-state index contributed by atoms with van der Waals surface area (Å²) in [5, 5.41) is 5.01. The van der Waals surface area contributed by atoms with Gasteiger partial charge in [-0.15, -0.1) is 11.3 Å². The number of nitrogens with one attached hydrogen (secondary N) is 1. The van der Waals surface area contributed by atoms with Crippen molar-refractivity contribution >= 4 is 23.2 Å². The van der Waals surface area contributed by atoms with Crippen molar-refractivity contribution in [2.75, 3.05) is 39.3 Å². The van der Waals surface area contributed by atoms with E-state index in [0.29, 0.717) is 31.5 Å². The minimum absolute atomic E-state index is 0.00529. The lowest BCUT2D eigenvalue weighted by molar-refractivity contribution is -0.132. The highest BCUT2D eigenvalue weighted by atomic mass is 32.1. The number of carbonyl (C=O) groups excluding carboxylic acids is 2. The number of carbonyl (C=O) groups is 2. The molecule has 3 fully saturated rings. The Balaban J connectivity index is 1.39. The van der Waals surface area contributed by atoms with Crippen molar-refractivity contribution < 1.29 is 14.3 Å². The zero-order valence-corrected chi connectivity index (χ0v) is 17.0. The first-order valence-electron chi connectivity index (χ1n) is 10.1. The molecule has 0 aromatic carbocycles. The fraction of sp³-hybridized carbons (Fsp3) is 0.700. The fourth-order valence-corrected chi connectivity index (χ4v) is 5.74. The first kappa shape index (κ1) is 18.9. The van der Waals surface area contributed by atoms with Crippen molar-refractivity contribution in [3.05, 3.63) is 22.4 Å². The molecule has 148 valence electrons. The van der Waals surface area contributed by atoms with Gasteiger partial charge in [0, 0.05) is 24.9 Å². The Morgan fingerprint density at radius 3 is 2.93 bits per heavy atom. The zero-order chi connectivity index (χ0) is 19.0. The van der Waals surface area contributed by atoms with Crippen molar-refractivity contribution in [1.82, 2.24) is 15.1 Å². The number of thiophene rings is 1. The molecule has 1 N–H and O–H groups in total. The Bertz CT molecular complexity index is 691. The van der Waals surface area contributed by atoms with Gasteiger partial charge in [0.1, 0.15) is 0 Å². The maximum Gasteiger partial charge on any atom is 0.261 e. The monoisotopic (exact) mass is 391 g/mol. The average Bonchev–Trinajstić information content (AvgIpc) is 3.44. The van der Waals surface area contributed by atoms with Crippen LogP contribution in [0.2, 0.25) is 0 Å². The quantitative estimate of drug-likeness (QED) is 0.770. The summed E-state index contributed by atoms with van der Waals surface area (Å²) in [6.07, 6.45) is 2.29. The number of rotatable bonds is 7. The third-order valence-corrected chi connectivity index (χ3v) is 7.50. The van der Waals surface area contributed by atoms with Gasteiger partial charge in [0.2, 0.25) is 5.91 Å². The lowest BCUT2D eigenvalue weighted by Gasteiger charge is -2.29. The Kier molecular flexibility index (Phi) is 5.27. The number of fused-ring (bicyclic) bond motifs is 1. The summed E-state index contributed by atoms with van der Waals surface area (Å²) in [5.41, 5.74) is -0.179. The van der Waals surface area contributed by atoms with E-state index in [1.54, 1.807) is 0 Å². The molecule has 4 heterocycles. The minimum atomic E-state index is -0.179. The number of nitrogens with zero attached hydrogens (tertiary/aromatic N) is 2. The van der Waals surface area contributed by atoms with Gasteiger partial charge in [-0.2, -0.15) is 0 Å². The van der Waals surface area contributed by atoms with Gasteiger partial charge in [-0.3, -0.25) is 14.5 Å². The van der Waals surface area contributed by atoms with Gasteiger partial charge in [0.15, 0.2) is 0 Å². The second-order valence-electron chi connectivity index (χ2n) is 7.95. The molecule has 3 saturated heterocycles. The van der Waals surface area contributed by atoms with Crippen LogP contribution in [0.1, 0.15) is 36.4 Å². The molecule has 4 rings (SSSR count). The van der Waals surface area contributed by atoms with Crippen molar-refractivity contribution in [1.29, 1.82) is 0 Å². The van der Waals surface area contributed by atoms with Gasteiger partial charge in [0.05, 0.1) is 29.7 Å². The van der Waals surface area contributed by atoms with Gasteiger partial charge in [-0.05, 0) is 37.4 Å². The third-order valence-electron chi connectivity index (χ3n) is 6.63. The van der Waals surface area contributed by atoms with Crippen LogP contribution in [0.4, 0.5) is 0 Å². The lowest BCUT2D eigenvalue weighted by Crippen LogP contribution is -2.41. The molecule has 2 bridgehead atoms. The van der Waals surface area contributed by atoms with Crippen LogP contribution in [0.25, 0.3) is 0 Å². The summed E-state index contributed by atoms with van der Waals surface area (Å²) in [6.45, 7) is 8.54. The summed E-state index contributed by atoms with van der Waals surface area (Å²) in [7, 11) is 0. The van der Waals surface area contributed by atoms with Gasteiger partial charge in [0.25, 0.3) is 5.91 Å². The Morgan fingerprint density at radius 2 is 2.22 bits per heavy atom. The minimum Gasteiger partial charge on any atom is -0.369 e. The number of likely N-dealkylation sites (tertiary alicyclic amines) is 1. The molecule has 4 atom stereocenters. The second kappa shape index (κ2) is 7.53. The topological polar surface area (TPSA) is 61.9 Å². The molecule has 3 aliphatic rings. The molecule has 0 aliphatic carbocycles. The smallest absolute Gasteiger partial charge is 0.261 e. The van der Waals surface area contributed by atoms with E-state index in [2.05, 4.69) is 24.1 Å². The number of amides is 2. The normalized spacial score (nSPS) is 31.5. The molecule has 2 amide bonds. The zero-order valence-electron chi connectivity index (χ0n) is 16.1. The van der Waals surface area contributed by atoms with Crippen LogP contribution in [0, 0.1) is 11.8 Å². The highest BCUT2D eigenvalue weighted by molar-refractivity contribution is 7.12. The number of hydrogen-bond donors (Lipinski definition) is 1. The van der Waals surface area contributed by atoms with Crippen LogP contribution in [0.5, 0.6) is 0 Å². The molecule has 0 radical (unpaired) electrons. The first-order valence-corrected chi connectivity index (χ1v) is 10.9. The predicted molar refractivity (Wildman–Crippen MR) is 105 cm³/mol. The highest BCUT2D eigenvalue weighted by Gasteiger charge is 2.63. The number of likely N-dealkylation sites (N-methyl/N-ethyl adjacent to an activating group) is 1. The van der Waals surface area contributed by atoms with Crippen molar-refractivity contribution in [2.24, 2.45) is 11.8 Å². The van der Waals surface area contributed by atoms with Crippen LogP contribution in [-0.2, 0) is 9.53 Å². The van der Waals surface area contributed by atoms with Crippen LogP contribution in [0.3, 0.4) is 0 Å². The first-order chi connectivity index (χ1) is 13.1. The molecule has 3 aliphatic heterocycles. The molecular formula is C20H29N3O3S. The second-order valence-corrected chi connectivity index (χ2v) is 8.90. The molecule has 0 saturated carbocycles. The Morgan fingerprint density at radius 1 is 1.41 bits per heavy atom. The van der Waals surface area contributed by atoms with E-state index < -0.39 is 0 Å². The predicted octanol–water partition coefficient (Wildman–Crippen LogP) is 1.83. The van der Waals surface area contributed by atoms with Gasteiger partial charge in [-0.1, -0.05) is 19.9 Å². The third kappa shape index (κ3) is 3.41. The number of ether oxygens (including phenoxy) is 1. The Hall–Kier alpha value is -1.44. The SMILES string of the molecule is CCN(CC)CC(=O)N1C[C@@H]2[C@H](CNC(=O)c3cccs3)[C@H]3CC[C@]2(C1)O3. The largest absolute Gasteiger partial charge is 0.369 e. The molecule has 1 aromatic heterocycles. The molecule has 6 nitrogen and oxygen atoms in total. The molecule has 1 aromatic rings. The summed E-state index contributed by atoms with van der Waals surface area (Å²) in [4.78, 5) is 30.0.